The van der Waals surface area contributed by atoms with Crippen molar-refractivity contribution in [3.05, 3.63) is 35.4 Å². The second-order valence-electron chi connectivity index (χ2n) is 7.25. The highest BCUT2D eigenvalue weighted by Crippen LogP contribution is 2.28. The van der Waals surface area contributed by atoms with Crippen LogP contribution in [0.4, 0.5) is 0 Å². The van der Waals surface area contributed by atoms with Gasteiger partial charge in [0.1, 0.15) is 25.2 Å². The van der Waals surface area contributed by atoms with Gasteiger partial charge in [0.15, 0.2) is 0 Å². The first-order chi connectivity index (χ1) is 14.1. The summed E-state index contributed by atoms with van der Waals surface area (Å²) in [6.45, 7) is 11.0. The number of hydrogen-bond acceptors (Lipinski definition) is 5. The van der Waals surface area contributed by atoms with Crippen LogP contribution < -0.4 is 9.47 Å². The number of nitrogens with zero attached hydrogens (tertiary/aromatic N) is 1. The Kier molecular flexibility index (Phi) is 13.7. The predicted octanol–water partition coefficient (Wildman–Crippen LogP) is 6.02. The van der Waals surface area contributed by atoms with Gasteiger partial charge >= 0.3 is 0 Å². The Balaban J connectivity index is 2.11. The summed E-state index contributed by atoms with van der Waals surface area (Å²) in [5.74, 6) is 1.89. The Morgan fingerprint density at radius 3 is 2.24 bits per heavy atom. The van der Waals surface area contributed by atoms with E-state index in [0.717, 1.165) is 60.8 Å². The van der Waals surface area contributed by atoms with E-state index in [1.807, 2.05) is 26.0 Å². The van der Waals surface area contributed by atoms with E-state index >= 15 is 0 Å². The van der Waals surface area contributed by atoms with Crippen LogP contribution >= 0.6 is 0 Å². The molecule has 0 atom stereocenters. The molecular weight excluding hydrogens is 366 g/mol. The van der Waals surface area contributed by atoms with Crippen molar-refractivity contribution < 1.29 is 19.0 Å². The summed E-state index contributed by atoms with van der Waals surface area (Å²) in [6, 6.07) is 4.10. The zero-order valence-corrected chi connectivity index (χ0v) is 19.0. The summed E-state index contributed by atoms with van der Waals surface area (Å²) < 4.78 is 17.4. The maximum absolute atomic E-state index is 6.03. The van der Waals surface area contributed by atoms with E-state index in [-0.39, 0.29) is 0 Å². The Morgan fingerprint density at radius 1 is 0.931 bits per heavy atom. The maximum Gasteiger partial charge on any atom is 0.125 e. The Bertz CT molecular complexity index is 602. The van der Waals surface area contributed by atoms with Crippen LogP contribution in [0.5, 0.6) is 11.5 Å². The summed E-state index contributed by atoms with van der Waals surface area (Å²) in [5, 5.41) is 3.87. The predicted molar refractivity (Wildman–Crippen MR) is 120 cm³/mol. The second-order valence-corrected chi connectivity index (χ2v) is 7.25. The molecule has 5 heteroatoms. The molecule has 0 radical (unpaired) electrons. The van der Waals surface area contributed by atoms with Crippen LogP contribution in [-0.4, -0.2) is 39.2 Å². The first-order valence-electron chi connectivity index (χ1n) is 10.7. The average Bonchev–Trinajstić information content (AvgIpc) is 2.68. The van der Waals surface area contributed by atoms with Crippen molar-refractivity contribution in [2.75, 3.05) is 33.5 Å². The summed E-state index contributed by atoms with van der Waals surface area (Å²) in [5.41, 5.74) is 3.22. The van der Waals surface area contributed by atoms with Gasteiger partial charge in [-0.1, -0.05) is 36.6 Å². The standard InChI is InChI=1S/C24H39NO4/c1-6-7-15-28-23-18-20(2)24(21(3)19-23)29-16-12-10-8-9-11-14-27-17-13-22(4)25-26-5/h6-7,18-19H,8-17H2,1-5H3/b7-6+,25-22+. The molecule has 0 aliphatic carbocycles. The molecule has 0 saturated carbocycles. The van der Waals surface area contributed by atoms with Crippen molar-refractivity contribution >= 4 is 5.71 Å². The minimum absolute atomic E-state index is 0.600. The number of aryl methyl sites for hydroxylation is 2. The fourth-order valence-electron chi connectivity index (χ4n) is 3.00. The lowest BCUT2D eigenvalue weighted by Crippen LogP contribution is -2.03. The topological polar surface area (TPSA) is 49.3 Å². The van der Waals surface area contributed by atoms with E-state index in [4.69, 9.17) is 19.0 Å². The van der Waals surface area contributed by atoms with Crippen LogP contribution in [0.1, 0.15) is 63.5 Å². The molecule has 0 spiro atoms. The minimum Gasteiger partial charge on any atom is -0.493 e. The van der Waals surface area contributed by atoms with Gasteiger partial charge < -0.3 is 19.0 Å². The van der Waals surface area contributed by atoms with Crippen LogP contribution in [0.25, 0.3) is 0 Å². The van der Waals surface area contributed by atoms with Crippen molar-refractivity contribution in [1.82, 2.24) is 0 Å². The van der Waals surface area contributed by atoms with Crippen molar-refractivity contribution in [2.24, 2.45) is 5.16 Å². The van der Waals surface area contributed by atoms with Crippen LogP contribution in [0, 0.1) is 13.8 Å². The molecule has 0 N–H and O–H groups in total. The minimum atomic E-state index is 0.600. The number of unbranched alkanes of at least 4 members (excludes halogenated alkanes) is 4. The lowest BCUT2D eigenvalue weighted by Gasteiger charge is -2.14. The molecule has 0 aliphatic heterocycles. The molecule has 0 fully saturated rings. The Labute approximate surface area is 177 Å². The summed E-state index contributed by atoms with van der Waals surface area (Å²) in [6.07, 6.45) is 10.6. The van der Waals surface area contributed by atoms with Gasteiger partial charge in [-0.3, -0.25) is 0 Å². The van der Waals surface area contributed by atoms with Crippen molar-refractivity contribution in [2.45, 2.75) is 66.2 Å². The lowest BCUT2D eigenvalue weighted by atomic mass is 10.1. The smallest absolute Gasteiger partial charge is 0.125 e. The van der Waals surface area contributed by atoms with Gasteiger partial charge in [0, 0.05) is 13.0 Å². The molecule has 164 valence electrons. The zero-order chi connectivity index (χ0) is 21.3. The molecule has 0 heterocycles. The van der Waals surface area contributed by atoms with E-state index in [1.165, 1.54) is 19.3 Å². The average molecular weight is 406 g/mol. The summed E-state index contributed by atoms with van der Waals surface area (Å²) in [7, 11) is 1.57. The molecule has 0 unspecified atom stereocenters. The van der Waals surface area contributed by atoms with Gasteiger partial charge in [0.05, 0.1) is 18.9 Å². The zero-order valence-electron chi connectivity index (χ0n) is 19.0. The molecule has 29 heavy (non-hydrogen) atoms. The third-order valence-corrected chi connectivity index (χ3v) is 4.55. The molecule has 5 nitrogen and oxygen atoms in total. The number of allylic oxidation sites excluding steroid dienone is 1. The van der Waals surface area contributed by atoms with Gasteiger partial charge in [-0.05, 0) is 63.8 Å². The number of ether oxygens (including phenoxy) is 3. The van der Waals surface area contributed by atoms with E-state index in [9.17, 15) is 0 Å². The first-order valence-corrected chi connectivity index (χ1v) is 10.7. The monoisotopic (exact) mass is 405 g/mol. The van der Waals surface area contributed by atoms with Crippen molar-refractivity contribution in [1.29, 1.82) is 0 Å². The number of hydrogen-bond donors (Lipinski definition) is 0. The highest BCUT2D eigenvalue weighted by molar-refractivity contribution is 5.81. The SMILES string of the molecule is C/C=C/COc1cc(C)c(OCCCCCCCOCC/C(C)=N/OC)c(C)c1. The quantitative estimate of drug-likeness (QED) is 0.146. The largest absolute Gasteiger partial charge is 0.493 e. The molecule has 0 aliphatic rings. The molecule has 0 bridgehead atoms. The van der Waals surface area contributed by atoms with E-state index in [2.05, 4.69) is 31.1 Å². The molecule has 0 amide bonds. The van der Waals surface area contributed by atoms with Crippen LogP contribution in [-0.2, 0) is 9.57 Å². The highest BCUT2D eigenvalue weighted by atomic mass is 16.6. The number of rotatable bonds is 16. The fraction of sp³-hybridized carbons (Fsp3) is 0.625. The second kappa shape index (κ2) is 15.9. The normalized spacial score (nSPS) is 11.8. The van der Waals surface area contributed by atoms with Gasteiger partial charge in [0.25, 0.3) is 0 Å². The van der Waals surface area contributed by atoms with Gasteiger partial charge in [-0.25, -0.2) is 0 Å². The van der Waals surface area contributed by atoms with Crippen LogP contribution in [0.15, 0.2) is 29.4 Å². The van der Waals surface area contributed by atoms with Gasteiger partial charge in [-0.2, -0.15) is 0 Å². The molecule has 1 aromatic rings. The first kappa shape index (κ1) is 25.0. The third-order valence-electron chi connectivity index (χ3n) is 4.55. The molecule has 1 rings (SSSR count). The highest BCUT2D eigenvalue weighted by Gasteiger charge is 2.07. The number of oxime groups is 1. The summed E-state index contributed by atoms with van der Waals surface area (Å²) >= 11 is 0. The summed E-state index contributed by atoms with van der Waals surface area (Å²) in [4.78, 5) is 4.72. The third kappa shape index (κ3) is 11.5. The lowest BCUT2D eigenvalue weighted by molar-refractivity contribution is 0.135. The van der Waals surface area contributed by atoms with E-state index in [1.54, 1.807) is 7.11 Å². The Hall–Kier alpha value is -2.01. The molecule has 0 saturated heterocycles. The van der Waals surface area contributed by atoms with Crippen LogP contribution in [0.3, 0.4) is 0 Å². The van der Waals surface area contributed by atoms with Crippen molar-refractivity contribution in [3.8, 4) is 11.5 Å². The Morgan fingerprint density at radius 2 is 1.59 bits per heavy atom. The molecule has 0 aromatic heterocycles. The fourth-order valence-corrected chi connectivity index (χ4v) is 3.00. The van der Waals surface area contributed by atoms with E-state index < -0.39 is 0 Å². The molecule has 1 aromatic carbocycles. The van der Waals surface area contributed by atoms with Gasteiger partial charge in [0.2, 0.25) is 0 Å². The number of benzene rings is 1. The van der Waals surface area contributed by atoms with E-state index in [0.29, 0.717) is 13.2 Å². The maximum atomic E-state index is 6.03. The molecular formula is C24H39NO4. The van der Waals surface area contributed by atoms with Crippen LogP contribution in [0.2, 0.25) is 0 Å². The van der Waals surface area contributed by atoms with Crippen molar-refractivity contribution in [3.63, 3.8) is 0 Å². The van der Waals surface area contributed by atoms with Gasteiger partial charge in [-0.15, -0.1) is 0 Å².